The molecule has 1 aromatic heterocycles. The van der Waals surface area contributed by atoms with Gasteiger partial charge < -0.3 is 4.74 Å². The van der Waals surface area contributed by atoms with Crippen LogP contribution in [0.2, 0.25) is 0 Å². The zero-order valence-corrected chi connectivity index (χ0v) is 10.4. The Hall–Kier alpha value is -1.93. The van der Waals surface area contributed by atoms with Crippen molar-refractivity contribution >= 4 is 11.3 Å². The van der Waals surface area contributed by atoms with Crippen LogP contribution in [0, 0.1) is 17.1 Å². The molecule has 0 spiro atoms. The Labute approximate surface area is 108 Å². The van der Waals surface area contributed by atoms with Crippen LogP contribution in [0.3, 0.4) is 0 Å². The van der Waals surface area contributed by atoms with Crippen LogP contribution in [-0.4, -0.2) is 11.6 Å². The number of ether oxygens (including phenoxy) is 1. The summed E-state index contributed by atoms with van der Waals surface area (Å²) in [6.07, 6.45) is 2.81. The lowest BCUT2D eigenvalue weighted by molar-refractivity contribution is 0.321. The summed E-state index contributed by atoms with van der Waals surface area (Å²) < 4.78 is 18.1. The molecule has 0 aliphatic carbocycles. The first-order valence-corrected chi connectivity index (χ1v) is 6.28. The summed E-state index contributed by atoms with van der Waals surface area (Å²) in [5, 5.41) is 9.50. The van der Waals surface area contributed by atoms with E-state index in [9.17, 15) is 4.39 Å². The Bertz CT molecular complexity index is 545. The molecule has 1 heterocycles. The summed E-state index contributed by atoms with van der Waals surface area (Å²) in [7, 11) is 0. The van der Waals surface area contributed by atoms with Crippen molar-refractivity contribution in [1.29, 1.82) is 5.26 Å². The third-order valence-electron chi connectivity index (χ3n) is 2.25. The van der Waals surface area contributed by atoms with Gasteiger partial charge in [-0.05, 0) is 24.3 Å². The number of benzene rings is 1. The molecule has 0 saturated heterocycles. The number of thiazole rings is 1. The maximum Gasteiger partial charge on any atom is 0.123 e. The Morgan fingerprint density at radius 3 is 2.83 bits per heavy atom. The predicted octanol–water partition coefficient (Wildman–Crippen LogP) is 2.97. The van der Waals surface area contributed by atoms with Crippen molar-refractivity contribution in [3.63, 3.8) is 0 Å². The number of hydrogen-bond donors (Lipinski definition) is 0. The van der Waals surface area contributed by atoms with Crippen LogP contribution in [-0.2, 0) is 12.8 Å². The molecule has 0 radical (unpaired) electrons. The van der Waals surface area contributed by atoms with Gasteiger partial charge in [0.1, 0.15) is 11.6 Å². The minimum Gasteiger partial charge on any atom is -0.493 e. The van der Waals surface area contributed by atoms with E-state index in [0.29, 0.717) is 25.2 Å². The highest BCUT2D eigenvalue weighted by molar-refractivity contribution is 7.11. The van der Waals surface area contributed by atoms with Gasteiger partial charge in [-0.25, -0.2) is 9.37 Å². The standard InChI is InChI=1S/C13H11FN2OS/c14-10-1-3-11(4-2-10)17-8-6-13-16-9-12(18-13)5-7-15/h1-4,9H,5-6,8H2. The predicted molar refractivity (Wildman–Crippen MR) is 67.0 cm³/mol. The first-order valence-electron chi connectivity index (χ1n) is 5.47. The van der Waals surface area contributed by atoms with Crippen molar-refractivity contribution in [2.24, 2.45) is 0 Å². The van der Waals surface area contributed by atoms with Crippen LogP contribution in [0.4, 0.5) is 4.39 Å². The summed E-state index contributed by atoms with van der Waals surface area (Å²) in [5.74, 6) is 0.369. The SMILES string of the molecule is N#CCc1cnc(CCOc2ccc(F)cc2)s1. The molecule has 0 aliphatic heterocycles. The number of nitrogens with zero attached hydrogens (tertiary/aromatic N) is 2. The highest BCUT2D eigenvalue weighted by Gasteiger charge is 2.02. The van der Waals surface area contributed by atoms with Gasteiger partial charge >= 0.3 is 0 Å². The zero-order valence-electron chi connectivity index (χ0n) is 9.60. The van der Waals surface area contributed by atoms with E-state index >= 15 is 0 Å². The number of rotatable bonds is 5. The van der Waals surface area contributed by atoms with Crippen LogP contribution < -0.4 is 4.74 Å². The molecule has 2 rings (SSSR count). The van der Waals surface area contributed by atoms with E-state index in [-0.39, 0.29) is 5.82 Å². The lowest BCUT2D eigenvalue weighted by atomic mass is 10.3. The molecular formula is C13H11FN2OS. The summed E-state index contributed by atoms with van der Waals surface area (Å²) in [6.45, 7) is 0.491. The van der Waals surface area contributed by atoms with Crippen molar-refractivity contribution in [2.75, 3.05) is 6.61 Å². The van der Waals surface area contributed by atoms with E-state index < -0.39 is 0 Å². The highest BCUT2D eigenvalue weighted by atomic mass is 32.1. The zero-order chi connectivity index (χ0) is 12.8. The minimum atomic E-state index is -0.275. The number of hydrogen-bond acceptors (Lipinski definition) is 4. The summed E-state index contributed by atoms with van der Waals surface area (Å²) in [4.78, 5) is 5.17. The number of halogens is 1. The van der Waals surface area contributed by atoms with Crippen molar-refractivity contribution in [3.8, 4) is 11.8 Å². The van der Waals surface area contributed by atoms with Crippen LogP contribution in [0.15, 0.2) is 30.5 Å². The van der Waals surface area contributed by atoms with Crippen LogP contribution in [0.25, 0.3) is 0 Å². The first-order chi connectivity index (χ1) is 8.78. The Balaban J connectivity index is 1.81. The van der Waals surface area contributed by atoms with E-state index in [2.05, 4.69) is 11.1 Å². The molecule has 1 aromatic carbocycles. The third kappa shape index (κ3) is 3.54. The molecular weight excluding hydrogens is 251 g/mol. The largest absolute Gasteiger partial charge is 0.493 e. The summed E-state index contributed by atoms with van der Waals surface area (Å²) in [5.41, 5.74) is 0. The second-order valence-electron chi connectivity index (χ2n) is 3.61. The van der Waals surface area contributed by atoms with E-state index in [4.69, 9.17) is 10.00 Å². The van der Waals surface area contributed by atoms with Gasteiger partial charge in [0.15, 0.2) is 0 Å². The van der Waals surface area contributed by atoms with E-state index in [1.807, 2.05) is 0 Å². The number of aromatic nitrogens is 1. The normalized spacial score (nSPS) is 10.0. The highest BCUT2D eigenvalue weighted by Crippen LogP contribution is 2.15. The molecule has 0 unspecified atom stereocenters. The Morgan fingerprint density at radius 1 is 1.33 bits per heavy atom. The maximum absolute atomic E-state index is 12.7. The molecule has 0 amide bonds. The van der Waals surface area contributed by atoms with Gasteiger partial charge in [-0.15, -0.1) is 11.3 Å². The molecule has 0 atom stereocenters. The summed E-state index contributed by atoms with van der Waals surface area (Å²) >= 11 is 1.52. The molecule has 0 saturated carbocycles. The maximum atomic E-state index is 12.7. The van der Waals surface area contributed by atoms with Crippen molar-refractivity contribution in [3.05, 3.63) is 46.2 Å². The average molecular weight is 262 g/mol. The monoisotopic (exact) mass is 262 g/mol. The fraction of sp³-hybridized carbons (Fsp3) is 0.231. The van der Waals surface area contributed by atoms with Gasteiger partial charge in [-0.3, -0.25) is 0 Å². The fourth-order valence-electron chi connectivity index (χ4n) is 1.41. The molecule has 0 fully saturated rings. The smallest absolute Gasteiger partial charge is 0.123 e. The fourth-order valence-corrected chi connectivity index (χ4v) is 2.25. The molecule has 0 aliphatic rings. The molecule has 5 heteroatoms. The molecule has 0 N–H and O–H groups in total. The second-order valence-corrected chi connectivity index (χ2v) is 4.81. The van der Waals surface area contributed by atoms with Gasteiger partial charge in [0, 0.05) is 17.5 Å². The first kappa shape index (κ1) is 12.5. The minimum absolute atomic E-state index is 0.275. The Kier molecular flexibility index (Phi) is 4.26. The topological polar surface area (TPSA) is 45.9 Å². The van der Waals surface area contributed by atoms with Gasteiger partial charge in [-0.1, -0.05) is 0 Å². The molecule has 18 heavy (non-hydrogen) atoms. The van der Waals surface area contributed by atoms with Gasteiger partial charge in [0.2, 0.25) is 0 Å². The molecule has 2 aromatic rings. The van der Waals surface area contributed by atoms with Crippen molar-refractivity contribution in [1.82, 2.24) is 4.98 Å². The lowest BCUT2D eigenvalue weighted by Crippen LogP contribution is -2.00. The molecule has 92 valence electrons. The van der Waals surface area contributed by atoms with Gasteiger partial charge in [0.05, 0.1) is 24.1 Å². The molecule has 0 bridgehead atoms. The van der Waals surface area contributed by atoms with Crippen LogP contribution >= 0.6 is 11.3 Å². The quantitative estimate of drug-likeness (QED) is 0.832. The summed E-state index contributed by atoms with van der Waals surface area (Å²) in [6, 6.07) is 8.01. The van der Waals surface area contributed by atoms with Crippen LogP contribution in [0.1, 0.15) is 9.88 Å². The Morgan fingerprint density at radius 2 is 2.11 bits per heavy atom. The third-order valence-corrected chi connectivity index (χ3v) is 3.31. The lowest BCUT2D eigenvalue weighted by Gasteiger charge is -2.03. The van der Waals surface area contributed by atoms with E-state index in [0.717, 1.165) is 9.88 Å². The van der Waals surface area contributed by atoms with E-state index in [1.54, 1.807) is 18.3 Å². The van der Waals surface area contributed by atoms with Gasteiger partial charge in [-0.2, -0.15) is 5.26 Å². The van der Waals surface area contributed by atoms with Crippen LogP contribution in [0.5, 0.6) is 5.75 Å². The average Bonchev–Trinajstić information content (AvgIpc) is 2.80. The van der Waals surface area contributed by atoms with E-state index in [1.165, 1.54) is 23.5 Å². The van der Waals surface area contributed by atoms with Gasteiger partial charge in [0.25, 0.3) is 0 Å². The second kappa shape index (κ2) is 6.12. The number of nitriles is 1. The molecule has 3 nitrogen and oxygen atoms in total. The van der Waals surface area contributed by atoms with Crippen molar-refractivity contribution in [2.45, 2.75) is 12.8 Å². The van der Waals surface area contributed by atoms with Crippen molar-refractivity contribution < 1.29 is 9.13 Å².